The predicted octanol–water partition coefficient (Wildman–Crippen LogP) is 1.01. The van der Waals surface area contributed by atoms with Crippen LogP contribution in [0.4, 0.5) is 0 Å². The molecule has 0 aliphatic heterocycles. The zero-order valence-electron chi connectivity index (χ0n) is 6.72. The Morgan fingerprint density at radius 2 is 2.55 bits per heavy atom. The largest absolute Gasteiger partial charge is 0.345 e. The maximum atomic E-state index is 4.30. The average Bonchev–Trinajstić information content (AvgIpc) is 2.75. The van der Waals surface area contributed by atoms with Crippen molar-refractivity contribution in [1.82, 2.24) is 15.3 Å². The maximum absolute atomic E-state index is 4.30. The van der Waals surface area contributed by atoms with Crippen molar-refractivity contribution < 1.29 is 0 Å². The molecule has 60 valence electrons. The molecule has 1 aliphatic carbocycles. The number of H-pyrrole nitrogens is 1. The van der Waals surface area contributed by atoms with Gasteiger partial charge >= 0.3 is 0 Å². The minimum atomic E-state index is 0.737. The molecule has 0 radical (unpaired) electrons. The van der Waals surface area contributed by atoms with Gasteiger partial charge in [0.25, 0.3) is 0 Å². The summed E-state index contributed by atoms with van der Waals surface area (Å²) >= 11 is 0. The van der Waals surface area contributed by atoms with Gasteiger partial charge in [0.2, 0.25) is 0 Å². The second kappa shape index (κ2) is 2.66. The predicted molar refractivity (Wildman–Crippen MR) is 43.3 cm³/mol. The third-order valence-electron chi connectivity index (χ3n) is 1.98. The monoisotopic (exact) mass is 151 g/mol. The fourth-order valence-corrected chi connectivity index (χ4v) is 1.22. The highest BCUT2D eigenvalue weighted by atomic mass is 15.0. The summed E-state index contributed by atoms with van der Waals surface area (Å²) in [6.45, 7) is 0.889. The Kier molecular flexibility index (Phi) is 1.66. The fourth-order valence-electron chi connectivity index (χ4n) is 1.22. The Morgan fingerprint density at radius 1 is 1.73 bits per heavy atom. The van der Waals surface area contributed by atoms with E-state index in [2.05, 4.69) is 15.3 Å². The number of rotatable bonds is 3. The van der Waals surface area contributed by atoms with Crippen LogP contribution in [-0.2, 0) is 6.54 Å². The number of hydrogen-bond donors (Lipinski definition) is 2. The molecular formula is C8H13N3. The zero-order valence-corrected chi connectivity index (χ0v) is 6.72. The van der Waals surface area contributed by atoms with Gasteiger partial charge in [0, 0.05) is 24.4 Å². The van der Waals surface area contributed by atoms with Crippen molar-refractivity contribution >= 4 is 0 Å². The minimum Gasteiger partial charge on any atom is -0.345 e. The van der Waals surface area contributed by atoms with Gasteiger partial charge in [-0.05, 0) is 19.9 Å². The molecule has 2 N–H and O–H groups in total. The Morgan fingerprint density at radius 3 is 3.18 bits per heavy atom. The quantitative estimate of drug-likeness (QED) is 0.676. The van der Waals surface area contributed by atoms with E-state index >= 15 is 0 Å². The lowest BCUT2D eigenvalue weighted by atomic mass is 10.4. The van der Waals surface area contributed by atoms with Crippen LogP contribution in [0.15, 0.2) is 6.20 Å². The summed E-state index contributed by atoms with van der Waals surface area (Å²) in [5.41, 5.74) is 1.19. The minimum absolute atomic E-state index is 0.737. The van der Waals surface area contributed by atoms with Crippen LogP contribution in [0.25, 0.3) is 0 Å². The van der Waals surface area contributed by atoms with E-state index in [1.54, 1.807) is 0 Å². The van der Waals surface area contributed by atoms with Crippen LogP contribution in [-0.4, -0.2) is 17.0 Å². The smallest absolute Gasteiger partial charge is 0.109 e. The van der Waals surface area contributed by atoms with E-state index in [-0.39, 0.29) is 0 Å². The van der Waals surface area contributed by atoms with Crippen molar-refractivity contribution in [3.8, 4) is 0 Å². The highest BCUT2D eigenvalue weighted by Gasteiger charge is 2.26. The third-order valence-corrected chi connectivity index (χ3v) is 1.98. The van der Waals surface area contributed by atoms with Crippen LogP contribution >= 0.6 is 0 Å². The Balaban J connectivity index is 2.06. The summed E-state index contributed by atoms with van der Waals surface area (Å²) in [6, 6.07) is 0. The second-order valence-corrected chi connectivity index (χ2v) is 3.10. The molecule has 0 saturated heterocycles. The van der Waals surface area contributed by atoms with Crippen LogP contribution in [0.1, 0.15) is 30.3 Å². The Labute approximate surface area is 66.2 Å². The molecule has 3 heteroatoms. The van der Waals surface area contributed by atoms with Crippen molar-refractivity contribution in [1.29, 1.82) is 0 Å². The van der Waals surface area contributed by atoms with E-state index in [1.807, 2.05) is 13.2 Å². The van der Waals surface area contributed by atoms with E-state index in [0.29, 0.717) is 0 Å². The second-order valence-electron chi connectivity index (χ2n) is 3.10. The molecule has 0 amide bonds. The standard InChI is InChI=1S/C8H13N3/c1-9-4-7-5-10-8(11-7)6-2-3-6/h5-6,9H,2-4H2,1H3,(H,10,11). The molecule has 0 unspecified atom stereocenters. The first kappa shape index (κ1) is 6.85. The van der Waals surface area contributed by atoms with Crippen LogP contribution in [0.2, 0.25) is 0 Å². The Bertz CT molecular complexity index is 237. The first-order chi connectivity index (χ1) is 5.40. The van der Waals surface area contributed by atoms with Crippen LogP contribution in [0.5, 0.6) is 0 Å². The summed E-state index contributed by atoms with van der Waals surface area (Å²) in [5.74, 6) is 1.91. The number of aromatic amines is 1. The zero-order chi connectivity index (χ0) is 7.68. The number of imidazole rings is 1. The van der Waals surface area contributed by atoms with E-state index < -0.39 is 0 Å². The molecular weight excluding hydrogens is 138 g/mol. The van der Waals surface area contributed by atoms with Gasteiger partial charge in [-0.15, -0.1) is 0 Å². The number of aromatic nitrogens is 2. The normalized spacial score (nSPS) is 17.2. The summed E-state index contributed by atoms with van der Waals surface area (Å²) in [4.78, 5) is 7.60. The molecule has 0 spiro atoms. The molecule has 1 heterocycles. The van der Waals surface area contributed by atoms with Gasteiger partial charge in [-0.1, -0.05) is 0 Å². The number of nitrogens with zero attached hydrogens (tertiary/aromatic N) is 1. The maximum Gasteiger partial charge on any atom is 0.109 e. The van der Waals surface area contributed by atoms with E-state index in [4.69, 9.17) is 0 Å². The lowest BCUT2D eigenvalue weighted by Gasteiger charge is -1.92. The highest BCUT2D eigenvalue weighted by Crippen LogP contribution is 2.37. The molecule has 2 rings (SSSR count). The van der Waals surface area contributed by atoms with Crippen molar-refractivity contribution in [3.63, 3.8) is 0 Å². The van der Waals surface area contributed by atoms with Crippen molar-refractivity contribution in [2.75, 3.05) is 7.05 Å². The van der Waals surface area contributed by atoms with E-state index in [0.717, 1.165) is 12.5 Å². The summed E-state index contributed by atoms with van der Waals surface area (Å²) in [5, 5.41) is 3.09. The van der Waals surface area contributed by atoms with Crippen molar-refractivity contribution in [2.24, 2.45) is 0 Å². The van der Waals surface area contributed by atoms with Crippen molar-refractivity contribution in [2.45, 2.75) is 25.3 Å². The molecule has 1 aromatic heterocycles. The lowest BCUT2D eigenvalue weighted by Crippen LogP contribution is -2.05. The van der Waals surface area contributed by atoms with Gasteiger partial charge in [-0.3, -0.25) is 0 Å². The fraction of sp³-hybridized carbons (Fsp3) is 0.625. The topological polar surface area (TPSA) is 40.7 Å². The summed E-state index contributed by atoms with van der Waals surface area (Å²) in [6.07, 6.45) is 4.54. The molecule has 0 atom stereocenters. The van der Waals surface area contributed by atoms with Crippen LogP contribution in [0.3, 0.4) is 0 Å². The molecule has 1 fully saturated rings. The van der Waals surface area contributed by atoms with E-state index in [1.165, 1.54) is 24.4 Å². The van der Waals surface area contributed by atoms with Gasteiger partial charge < -0.3 is 10.3 Å². The van der Waals surface area contributed by atoms with Gasteiger partial charge in [0.05, 0.1) is 0 Å². The first-order valence-electron chi connectivity index (χ1n) is 4.08. The third kappa shape index (κ3) is 1.43. The molecule has 3 nitrogen and oxygen atoms in total. The Hall–Kier alpha value is -0.830. The summed E-state index contributed by atoms with van der Waals surface area (Å²) in [7, 11) is 1.94. The van der Waals surface area contributed by atoms with Crippen molar-refractivity contribution in [3.05, 3.63) is 17.7 Å². The van der Waals surface area contributed by atoms with Crippen LogP contribution < -0.4 is 5.32 Å². The lowest BCUT2D eigenvalue weighted by molar-refractivity contribution is 0.791. The molecule has 1 aromatic rings. The SMILES string of the molecule is CNCc1cnc(C2CC2)[nH]1. The first-order valence-corrected chi connectivity index (χ1v) is 4.08. The van der Waals surface area contributed by atoms with Crippen LogP contribution in [0, 0.1) is 0 Å². The molecule has 0 aromatic carbocycles. The van der Waals surface area contributed by atoms with Gasteiger partial charge in [-0.2, -0.15) is 0 Å². The average molecular weight is 151 g/mol. The number of nitrogens with one attached hydrogen (secondary N) is 2. The molecule has 1 aliphatic rings. The molecule has 11 heavy (non-hydrogen) atoms. The van der Waals surface area contributed by atoms with Gasteiger partial charge in [-0.25, -0.2) is 4.98 Å². The summed E-state index contributed by atoms with van der Waals surface area (Å²) < 4.78 is 0. The number of hydrogen-bond acceptors (Lipinski definition) is 2. The molecule has 0 bridgehead atoms. The van der Waals surface area contributed by atoms with Gasteiger partial charge in [0.1, 0.15) is 5.82 Å². The highest BCUT2D eigenvalue weighted by molar-refractivity contribution is 5.09. The molecule has 1 saturated carbocycles. The van der Waals surface area contributed by atoms with Gasteiger partial charge in [0.15, 0.2) is 0 Å². The van der Waals surface area contributed by atoms with E-state index in [9.17, 15) is 0 Å².